The lowest BCUT2D eigenvalue weighted by Crippen LogP contribution is -2.26. The molecule has 21 heavy (non-hydrogen) atoms. The first-order valence-electron chi connectivity index (χ1n) is 6.57. The first-order valence-corrected chi connectivity index (χ1v) is 6.57. The molecule has 1 aliphatic rings. The molecule has 0 radical (unpaired) electrons. The number of anilines is 1. The highest BCUT2D eigenvalue weighted by molar-refractivity contribution is 5.97. The van der Waals surface area contributed by atoms with Crippen molar-refractivity contribution < 1.29 is 14.7 Å². The zero-order valence-electron chi connectivity index (χ0n) is 11.4. The van der Waals surface area contributed by atoms with E-state index in [9.17, 15) is 9.59 Å². The average molecular weight is 286 g/mol. The summed E-state index contributed by atoms with van der Waals surface area (Å²) in [4.78, 5) is 28.4. The summed E-state index contributed by atoms with van der Waals surface area (Å²) in [7, 11) is 0. The lowest BCUT2D eigenvalue weighted by Gasteiger charge is -2.09. The molecule has 1 aromatic carbocycles. The van der Waals surface area contributed by atoms with E-state index in [1.54, 1.807) is 0 Å². The minimum absolute atomic E-state index is 0.0102. The number of H-pyrrole nitrogens is 1. The Hall–Kier alpha value is -2.70. The minimum Gasteiger partial charge on any atom is -0.481 e. The van der Waals surface area contributed by atoms with Gasteiger partial charge >= 0.3 is 5.97 Å². The smallest absolute Gasteiger partial charge is 0.308 e. The molecule has 1 amide bonds. The normalized spacial score (nSPS) is 18.2. The average Bonchev–Trinajstić information content (AvgIpc) is 3.06. The van der Waals surface area contributed by atoms with Crippen molar-refractivity contribution >= 4 is 17.8 Å². The van der Waals surface area contributed by atoms with Gasteiger partial charge in [-0.15, -0.1) is 5.10 Å². The number of aromatic amines is 1. The Balaban J connectivity index is 1.84. The van der Waals surface area contributed by atoms with Crippen LogP contribution in [0.25, 0.3) is 11.4 Å². The molecule has 0 aliphatic carbocycles. The summed E-state index contributed by atoms with van der Waals surface area (Å²) in [6.45, 7) is 2.10. The van der Waals surface area contributed by atoms with E-state index in [1.807, 2.05) is 31.2 Å². The Morgan fingerprint density at radius 3 is 2.71 bits per heavy atom. The summed E-state index contributed by atoms with van der Waals surface area (Å²) in [5.41, 5.74) is 2.00. The lowest BCUT2D eigenvalue weighted by atomic mass is 10.1. The van der Waals surface area contributed by atoms with Crippen LogP contribution in [0.15, 0.2) is 24.3 Å². The van der Waals surface area contributed by atoms with Gasteiger partial charge in [-0.1, -0.05) is 29.8 Å². The van der Waals surface area contributed by atoms with Crippen molar-refractivity contribution in [3.05, 3.63) is 29.8 Å². The largest absolute Gasteiger partial charge is 0.481 e. The molecule has 1 fully saturated rings. The van der Waals surface area contributed by atoms with E-state index in [4.69, 9.17) is 5.11 Å². The van der Waals surface area contributed by atoms with Gasteiger partial charge in [-0.25, -0.2) is 0 Å². The molecule has 3 rings (SSSR count). The number of aromatic nitrogens is 3. The summed E-state index contributed by atoms with van der Waals surface area (Å²) in [5, 5.41) is 15.8. The summed E-state index contributed by atoms with van der Waals surface area (Å²) < 4.78 is 0. The molecule has 2 heterocycles. The zero-order valence-corrected chi connectivity index (χ0v) is 11.4. The number of aryl methyl sites for hydroxylation is 1. The number of carbonyl (C=O) groups excluding carboxylic acids is 1. The monoisotopic (exact) mass is 286 g/mol. The molecule has 1 unspecified atom stereocenters. The summed E-state index contributed by atoms with van der Waals surface area (Å²) in [6.07, 6.45) is -0.0102. The third-order valence-electron chi connectivity index (χ3n) is 3.51. The molecule has 2 aromatic rings. The van der Waals surface area contributed by atoms with E-state index in [2.05, 4.69) is 15.2 Å². The van der Waals surface area contributed by atoms with Gasteiger partial charge in [0.25, 0.3) is 5.95 Å². The van der Waals surface area contributed by atoms with Crippen LogP contribution in [0.3, 0.4) is 0 Å². The van der Waals surface area contributed by atoms with Gasteiger partial charge in [0, 0.05) is 18.5 Å². The molecule has 108 valence electrons. The molecule has 0 bridgehead atoms. The van der Waals surface area contributed by atoms with Crippen LogP contribution in [0.1, 0.15) is 12.0 Å². The van der Waals surface area contributed by atoms with E-state index in [0.29, 0.717) is 5.82 Å². The predicted octanol–water partition coefficient (Wildman–Crippen LogP) is 1.22. The van der Waals surface area contributed by atoms with Crippen molar-refractivity contribution in [2.75, 3.05) is 11.4 Å². The number of hydrogen-bond donors (Lipinski definition) is 2. The highest BCUT2D eigenvalue weighted by Crippen LogP contribution is 2.24. The molecule has 1 saturated heterocycles. The van der Waals surface area contributed by atoms with Gasteiger partial charge in [0.1, 0.15) is 0 Å². The fourth-order valence-corrected chi connectivity index (χ4v) is 2.28. The quantitative estimate of drug-likeness (QED) is 0.883. The van der Waals surface area contributed by atoms with Gasteiger partial charge in [-0.3, -0.25) is 19.6 Å². The number of carbonyl (C=O) groups is 2. The molecule has 7 nitrogen and oxygen atoms in total. The van der Waals surface area contributed by atoms with Crippen LogP contribution >= 0.6 is 0 Å². The molecule has 2 N–H and O–H groups in total. The zero-order chi connectivity index (χ0) is 15.0. The Labute approximate surface area is 120 Å². The van der Waals surface area contributed by atoms with Crippen molar-refractivity contribution in [1.82, 2.24) is 15.2 Å². The van der Waals surface area contributed by atoms with Crippen LogP contribution in [0.2, 0.25) is 0 Å². The van der Waals surface area contributed by atoms with Crippen molar-refractivity contribution in [2.24, 2.45) is 5.92 Å². The molecular weight excluding hydrogens is 272 g/mol. The molecule has 0 saturated carbocycles. The summed E-state index contributed by atoms with van der Waals surface area (Å²) in [6, 6.07) is 7.73. The maximum atomic E-state index is 11.8. The molecule has 7 heteroatoms. The fraction of sp³-hybridized carbons (Fsp3) is 0.286. The van der Waals surface area contributed by atoms with Crippen molar-refractivity contribution in [1.29, 1.82) is 0 Å². The van der Waals surface area contributed by atoms with Crippen molar-refractivity contribution in [3.8, 4) is 11.4 Å². The number of carboxylic acid groups (broad SMARTS) is 1. The van der Waals surface area contributed by atoms with Crippen molar-refractivity contribution in [2.45, 2.75) is 13.3 Å². The van der Waals surface area contributed by atoms with E-state index < -0.39 is 11.9 Å². The fourth-order valence-electron chi connectivity index (χ4n) is 2.28. The van der Waals surface area contributed by atoms with Gasteiger partial charge in [0.15, 0.2) is 5.82 Å². The van der Waals surface area contributed by atoms with Gasteiger partial charge in [0.05, 0.1) is 5.92 Å². The molecule has 0 spiro atoms. The number of nitrogens with zero attached hydrogens (tertiary/aromatic N) is 3. The Kier molecular flexibility index (Phi) is 3.17. The second-order valence-corrected chi connectivity index (χ2v) is 5.09. The SMILES string of the molecule is Cc1ccc(-c2nc(N3CC(C(=O)O)CC3=O)n[nH]2)cc1. The number of aliphatic carboxylic acids is 1. The molecule has 1 aliphatic heterocycles. The number of rotatable bonds is 3. The van der Waals surface area contributed by atoms with Gasteiger partial charge < -0.3 is 5.11 Å². The summed E-state index contributed by atoms with van der Waals surface area (Å²) in [5.74, 6) is -1.16. The van der Waals surface area contributed by atoms with Crippen LogP contribution in [0.5, 0.6) is 0 Å². The highest BCUT2D eigenvalue weighted by atomic mass is 16.4. The van der Waals surface area contributed by atoms with Crippen LogP contribution < -0.4 is 4.90 Å². The van der Waals surface area contributed by atoms with Crippen LogP contribution in [-0.4, -0.2) is 38.7 Å². The van der Waals surface area contributed by atoms with Gasteiger partial charge in [-0.05, 0) is 6.92 Å². The van der Waals surface area contributed by atoms with Crippen LogP contribution in [-0.2, 0) is 9.59 Å². The van der Waals surface area contributed by atoms with E-state index in [-0.39, 0.29) is 24.8 Å². The Morgan fingerprint density at radius 1 is 1.38 bits per heavy atom. The third-order valence-corrected chi connectivity index (χ3v) is 3.51. The first-order chi connectivity index (χ1) is 10.0. The molecule has 1 atom stereocenters. The maximum absolute atomic E-state index is 11.8. The second kappa shape index (κ2) is 5.01. The lowest BCUT2D eigenvalue weighted by molar-refractivity contribution is -0.141. The number of amides is 1. The van der Waals surface area contributed by atoms with Gasteiger partial charge in [0.2, 0.25) is 5.91 Å². The highest BCUT2D eigenvalue weighted by Gasteiger charge is 2.36. The molecular formula is C14H14N4O3. The molecule has 1 aromatic heterocycles. The van der Waals surface area contributed by atoms with Crippen LogP contribution in [0, 0.1) is 12.8 Å². The Morgan fingerprint density at radius 2 is 2.10 bits per heavy atom. The number of benzene rings is 1. The van der Waals surface area contributed by atoms with Crippen LogP contribution in [0.4, 0.5) is 5.95 Å². The number of hydrogen-bond acceptors (Lipinski definition) is 4. The topological polar surface area (TPSA) is 99.2 Å². The third kappa shape index (κ3) is 2.49. The standard InChI is InChI=1S/C14H14N4O3/c1-8-2-4-9(5-3-8)12-15-14(17-16-12)18-7-10(13(20)21)6-11(18)19/h2-5,10H,6-7H2,1H3,(H,20,21)(H,15,16,17). The first kappa shape index (κ1) is 13.3. The van der Waals surface area contributed by atoms with E-state index in [1.165, 1.54) is 4.90 Å². The minimum atomic E-state index is -0.972. The second-order valence-electron chi connectivity index (χ2n) is 5.09. The Bertz CT molecular complexity index is 692. The van der Waals surface area contributed by atoms with E-state index >= 15 is 0 Å². The van der Waals surface area contributed by atoms with E-state index in [0.717, 1.165) is 11.1 Å². The summed E-state index contributed by atoms with van der Waals surface area (Å²) >= 11 is 0. The maximum Gasteiger partial charge on any atom is 0.308 e. The van der Waals surface area contributed by atoms with Gasteiger partial charge in [-0.2, -0.15) is 4.98 Å². The number of nitrogens with one attached hydrogen (secondary N) is 1. The predicted molar refractivity (Wildman–Crippen MR) is 74.7 cm³/mol. The number of carboxylic acids is 1. The van der Waals surface area contributed by atoms with Crippen molar-refractivity contribution in [3.63, 3.8) is 0 Å².